The van der Waals surface area contributed by atoms with Gasteiger partial charge < -0.3 is 4.74 Å². The van der Waals surface area contributed by atoms with Crippen LogP contribution >= 0.6 is 15.9 Å². The summed E-state index contributed by atoms with van der Waals surface area (Å²) in [6.45, 7) is 3.93. The van der Waals surface area contributed by atoms with Gasteiger partial charge in [-0.2, -0.15) is 0 Å². The third-order valence-electron chi connectivity index (χ3n) is 2.37. The minimum absolute atomic E-state index is 0.0949. The van der Waals surface area contributed by atoms with Crippen molar-refractivity contribution in [1.82, 2.24) is 0 Å². The van der Waals surface area contributed by atoms with E-state index in [1.54, 1.807) is 0 Å². The van der Waals surface area contributed by atoms with Crippen LogP contribution in [0.3, 0.4) is 0 Å². The third kappa shape index (κ3) is 1.35. The van der Waals surface area contributed by atoms with Gasteiger partial charge in [-0.15, -0.1) is 0 Å². The third-order valence-corrected chi connectivity index (χ3v) is 3.19. The molecule has 2 rings (SSSR count). The van der Waals surface area contributed by atoms with Crippen molar-refractivity contribution in [3.63, 3.8) is 0 Å². The second-order valence-corrected chi connectivity index (χ2v) is 4.26. The second kappa shape index (κ2) is 2.98. The van der Waals surface area contributed by atoms with Crippen molar-refractivity contribution in [1.29, 1.82) is 0 Å². The molecule has 1 aliphatic heterocycles. The van der Waals surface area contributed by atoms with Gasteiger partial charge in [-0.05, 0) is 25.5 Å². The molecule has 1 aliphatic rings. The first kappa shape index (κ1) is 9.00. The summed E-state index contributed by atoms with van der Waals surface area (Å²) in [7, 11) is 0. The lowest BCUT2D eigenvalue weighted by Gasteiger charge is -2.06. The van der Waals surface area contributed by atoms with Gasteiger partial charge in [-0.1, -0.05) is 15.9 Å². The van der Waals surface area contributed by atoms with Crippen molar-refractivity contribution >= 4 is 15.9 Å². The number of hydrogen-bond acceptors (Lipinski definition) is 1. The Morgan fingerprint density at radius 1 is 1.62 bits per heavy atom. The highest BCUT2D eigenvalue weighted by Crippen LogP contribution is 2.37. The molecule has 1 aromatic rings. The Bertz CT molecular complexity index is 362. The monoisotopic (exact) mass is 244 g/mol. The maximum absolute atomic E-state index is 13.3. The summed E-state index contributed by atoms with van der Waals surface area (Å²) in [6.07, 6.45) is 0.898. The molecular weight excluding hydrogens is 235 g/mol. The molecule has 0 saturated carbocycles. The fourth-order valence-electron chi connectivity index (χ4n) is 1.65. The van der Waals surface area contributed by atoms with E-state index in [0.717, 1.165) is 22.0 Å². The fraction of sp³-hybridized carbons (Fsp3) is 0.400. The Morgan fingerprint density at radius 2 is 2.31 bits per heavy atom. The highest BCUT2D eigenvalue weighted by molar-refractivity contribution is 9.10. The zero-order valence-corrected chi connectivity index (χ0v) is 9.11. The highest BCUT2D eigenvalue weighted by Gasteiger charge is 2.25. The molecule has 0 spiro atoms. The molecule has 0 aromatic heterocycles. The molecule has 0 radical (unpaired) electrons. The summed E-state index contributed by atoms with van der Waals surface area (Å²) in [5.74, 6) is 0.171. The van der Waals surface area contributed by atoms with Crippen molar-refractivity contribution in [3.8, 4) is 5.75 Å². The molecule has 0 fully saturated rings. The minimum Gasteiger partial charge on any atom is -0.487 e. The largest absolute Gasteiger partial charge is 0.487 e. The SMILES string of the molecule is Cc1c(Br)cc(F)c2c1CC(C)O2. The first-order chi connectivity index (χ1) is 6.09. The van der Waals surface area contributed by atoms with E-state index in [2.05, 4.69) is 15.9 Å². The summed E-state index contributed by atoms with van der Waals surface area (Å²) < 4.78 is 19.5. The van der Waals surface area contributed by atoms with Gasteiger partial charge >= 0.3 is 0 Å². The number of ether oxygens (including phenoxy) is 1. The van der Waals surface area contributed by atoms with Crippen LogP contribution in [0, 0.1) is 12.7 Å². The lowest BCUT2D eigenvalue weighted by Crippen LogP contribution is -2.05. The van der Waals surface area contributed by atoms with Crippen molar-refractivity contribution < 1.29 is 9.13 Å². The van der Waals surface area contributed by atoms with E-state index in [1.165, 1.54) is 6.07 Å². The second-order valence-electron chi connectivity index (χ2n) is 3.41. The summed E-state index contributed by atoms with van der Waals surface area (Å²) in [6, 6.07) is 1.46. The van der Waals surface area contributed by atoms with Crippen LogP contribution in [-0.2, 0) is 6.42 Å². The zero-order valence-electron chi connectivity index (χ0n) is 7.53. The highest BCUT2D eigenvalue weighted by atomic mass is 79.9. The van der Waals surface area contributed by atoms with E-state index >= 15 is 0 Å². The van der Waals surface area contributed by atoms with Crippen molar-refractivity contribution in [2.75, 3.05) is 0 Å². The molecule has 0 amide bonds. The zero-order chi connectivity index (χ0) is 9.59. The van der Waals surface area contributed by atoms with Gasteiger partial charge in [0.05, 0.1) is 0 Å². The average Bonchev–Trinajstić information content (AvgIpc) is 2.44. The molecule has 0 aliphatic carbocycles. The topological polar surface area (TPSA) is 9.23 Å². The Kier molecular flexibility index (Phi) is 2.06. The Balaban J connectivity index is 2.62. The van der Waals surface area contributed by atoms with Gasteiger partial charge in [0.1, 0.15) is 6.10 Å². The number of fused-ring (bicyclic) bond motifs is 1. The van der Waals surface area contributed by atoms with Crippen LogP contribution < -0.4 is 4.74 Å². The van der Waals surface area contributed by atoms with Crippen LogP contribution in [-0.4, -0.2) is 6.10 Å². The number of benzene rings is 1. The van der Waals surface area contributed by atoms with E-state index in [0.29, 0.717) is 5.75 Å². The molecule has 0 bridgehead atoms. The van der Waals surface area contributed by atoms with Crippen LogP contribution in [0.2, 0.25) is 0 Å². The van der Waals surface area contributed by atoms with Gasteiger partial charge in [-0.25, -0.2) is 4.39 Å². The van der Waals surface area contributed by atoms with Crippen molar-refractivity contribution in [3.05, 3.63) is 27.5 Å². The van der Waals surface area contributed by atoms with Crippen LogP contribution in [0.4, 0.5) is 4.39 Å². The maximum atomic E-state index is 13.3. The number of halogens is 2. The van der Waals surface area contributed by atoms with E-state index < -0.39 is 0 Å². The molecule has 3 heteroatoms. The molecular formula is C10H10BrFO. The summed E-state index contributed by atoms with van der Waals surface area (Å²) in [5, 5.41) is 0. The Morgan fingerprint density at radius 3 is 3.00 bits per heavy atom. The smallest absolute Gasteiger partial charge is 0.166 e. The predicted molar refractivity (Wildman–Crippen MR) is 52.6 cm³/mol. The summed E-state index contributed by atoms with van der Waals surface area (Å²) in [5.41, 5.74) is 2.08. The van der Waals surface area contributed by atoms with Crippen LogP contribution in [0.25, 0.3) is 0 Å². The lowest BCUT2D eigenvalue weighted by molar-refractivity contribution is 0.245. The first-order valence-corrected chi connectivity index (χ1v) is 5.03. The van der Waals surface area contributed by atoms with Gasteiger partial charge in [0.2, 0.25) is 0 Å². The van der Waals surface area contributed by atoms with Crippen LogP contribution in [0.15, 0.2) is 10.5 Å². The molecule has 1 nitrogen and oxygen atoms in total. The molecule has 0 N–H and O–H groups in total. The van der Waals surface area contributed by atoms with E-state index in [4.69, 9.17) is 4.74 Å². The van der Waals surface area contributed by atoms with Crippen LogP contribution in [0.5, 0.6) is 5.75 Å². The summed E-state index contributed by atoms with van der Waals surface area (Å²) in [4.78, 5) is 0. The number of hydrogen-bond donors (Lipinski definition) is 0. The lowest BCUT2D eigenvalue weighted by atomic mass is 10.0. The standard InChI is InChI=1S/C10H10BrFO/c1-5-3-7-6(2)8(11)4-9(12)10(7)13-5/h4-5H,3H2,1-2H3. The van der Waals surface area contributed by atoms with Gasteiger partial charge in [0.15, 0.2) is 11.6 Å². The molecule has 70 valence electrons. The molecule has 1 heterocycles. The normalized spacial score (nSPS) is 19.8. The minimum atomic E-state index is -0.267. The van der Waals surface area contributed by atoms with Gasteiger partial charge in [-0.3, -0.25) is 0 Å². The molecule has 0 saturated heterocycles. The van der Waals surface area contributed by atoms with Crippen molar-refractivity contribution in [2.45, 2.75) is 26.4 Å². The average molecular weight is 245 g/mol. The Labute approximate surface area is 85.0 Å². The molecule has 1 atom stereocenters. The molecule has 1 unspecified atom stereocenters. The van der Waals surface area contributed by atoms with E-state index in [-0.39, 0.29) is 11.9 Å². The quantitative estimate of drug-likeness (QED) is 0.681. The summed E-state index contributed by atoms with van der Waals surface area (Å²) >= 11 is 3.32. The van der Waals surface area contributed by atoms with Gasteiger partial charge in [0, 0.05) is 16.5 Å². The van der Waals surface area contributed by atoms with Gasteiger partial charge in [0.25, 0.3) is 0 Å². The Hall–Kier alpha value is -0.570. The first-order valence-electron chi connectivity index (χ1n) is 4.23. The van der Waals surface area contributed by atoms with Crippen LogP contribution in [0.1, 0.15) is 18.1 Å². The fourth-order valence-corrected chi connectivity index (χ4v) is 2.09. The predicted octanol–water partition coefficient (Wildman–Crippen LogP) is 3.22. The molecule has 13 heavy (non-hydrogen) atoms. The van der Waals surface area contributed by atoms with E-state index in [9.17, 15) is 4.39 Å². The molecule has 1 aromatic carbocycles. The van der Waals surface area contributed by atoms with E-state index in [1.807, 2.05) is 13.8 Å². The van der Waals surface area contributed by atoms with Crippen molar-refractivity contribution in [2.24, 2.45) is 0 Å². The number of rotatable bonds is 0. The maximum Gasteiger partial charge on any atom is 0.166 e.